The highest BCUT2D eigenvalue weighted by molar-refractivity contribution is 5.86. The minimum absolute atomic E-state index is 0.0513. The first-order valence-electron chi connectivity index (χ1n) is 9.30. The van der Waals surface area contributed by atoms with Crippen LogP contribution < -0.4 is 5.32 Å². The van der Waals surface area contributed by atoms with Crippen LogP contribution in [0.3, 0.4) is 0 Å². The van der Waals surface area contributed by atoms with Gasteiger partial charge in [-0.05, 0) is 64.2 Å². The molecule has 26 heavy (non-hydrogen) atoms. The van der Waals surface area contributed by atoms with Crippen LogP contribution in [0.5, 0.6) is 0 Å². The summed E-state index contributed by atoms with van der Waals surface area (Å²) < 4.78 is 18.5. The van der Waals surface area contributed by atoms with Crippen LogP contribution in [0.1, 0.15) is 57.9 Å². The summed E-state index contributed by atoms with van der Waals surface area (Å²) in [6.07, 6.45) is 2.87. The summed E-state index contributed by atoms with van der Waals surface area (Å²) in [6.45, 7) is 6.00. The van der Waals surface area contributed by atoms with Gasteiger partial charge in [0.25, 0.3) is 0 Å². The molecule has 0 unspecified atom stereocenters. The van der Waals surface area contributed by atoms with Crippen LogP contribution in [0.4, 0.5) is 9.18 Å². The predicted octanol–water partition coefficient (Wildman–Crippen LogP) is 3.59. The molecule has 1 aromatic carbocycles. The molecule has 2 amide bonds. The maximum Gasteiger partial charge on any atom is 0.410 e. The van der Waals surface area contributed by atoms with E-state index >= 15 is 0 Å². The fraction of sp³-hybridized carbons (Fsp3) is 0.600. The minimum atomic E-state index is -0.584. The van der Waals surface area contributed by atoms with Gasteiger partial charge in [-0.25, -0.2) is 9.18 Å². The molecule has 0 bridgehead atoms. The Hall–Kier alpha value is -2.11. The Labute approximate surface area is 153 Å². The number of halogens is 1. The number of carbonyl (C=O) groups is 2. The van der Waals surface area contributed by atoms with Crippen LogP contribution in [0.15, 0.2) is 24.3 Å². The molecule has 2 aliphatic rings. The SMILES string of the molecule is CC(C)(C)OC(=O)N1CCCC[C@@H]1C(=O)N[C@H]1C[C@@H]1c1ccc(F)cc1. The highest BCUT2D eigenvalue weighted by atomic mass is 19.1. The fourth-order valence-electron chi connectivity index (χ4n) is 3.46. The third-order valence-corrected chi connectivity index (χ3v) is 4.85. The molecule has 1 saturated heterocycles. The third-order valence-electron chi connectivity index (χ3n) is 4.85. The molecule has 2 fully saturated rings. The van der Waals surface area contributed by atoms with Crippen molar-refractivity contribution in [3.63, 3.8) is 0 Å². The van der Waals surface area contributed by atoms with Crippen molar-refractivity contribution < 1.29 is 18.7 Å². The molecule has 1 saturated carbocycles. The molecule has 1 heterocycles. The second-order valence-electron chi connectivity index (χ2n) is 8.19. The zero-order valence-corrected chi connectivity index (χ0v) is 15.6. The van der Waals surface area contributed by atoms with E-state index in [0.717, 1.165) is 24.8 Å². The molecule has 6 heteroatoms. The zero-order valence-electron chi connectivity index (χ0n) is 15.6. The molecular weight excluding hydrogens is 335 g/mol. The number of hydrogen-bond acceptors (Lipinski definition) is 3. The lowest BCUT2D eigenvalue weighted by Crippen LogP contribution is -2.53. The van der Waals surface area contributed by atoms with Crippen LogP contribution in [0.25, 0.3) is 0 Å². The number of hydrogen-bond donors (Lipinski definition) is 1. The van der Waals surface area contributed by atoms with E-state index in [1.807, 2.05) is 20.8 Å². The van der Waals surface area contributed by atoms with Crippen LogP contribution in [-0.4, -0.2) is 41.1 Å². The van der Waals surface area contributed by atoms with Crippen molar-refractivity contribution in [2.75, 3.05) is 6.54 Å². The van der Waals surface area contributed by atoms with Crippen LogP contribution in [0, 0.1) is 5.82 Å². The number of amides is 2. The van der Waals surface area contributed by atoms with Gasteiger partial charge < -0.3 is 10.1 Å². The summed E-state index contributed by atoms with van der Waals surface area (Å²) in [7, 11) is 0. The Bertz CT molecular complexity index is 669. The lowest BCUT2D eigenvalue weighted by molar-refractivity contribution is -0.127. The van der Waals surface area contributed by atoms with Crippen molar-refractivity contribution in [2.24, 2.45) is 0 Å². The van der Waals surface area contributed by atoms with E-state index in [1.54, 1.807) is 17.0 Å². The monoisotopic (exact) mass is 362 g/mol. The van der Waals surface area contributed by atoms with E-state index in [2.05, 4.69) is 5.32 Å². The Morgan fingerprint density at radius 2 is 1.88 bits per heavy atom. The molecule has 0 radical (unpaired) electrons. The van der Waals surface area contributed by atoms with Gasteiger partial charge in [-0.3, -0.25) is 9.69 Å². The Balaban J connectivity index is 1.59. The highest BCUT2D eigenvalue weighted by Gasteiger charge is 2.42. The van der Waals surface area contributed by atoms with E-state index in [4.69, 9.17) is 4.74 Å². The van der Waals surface area contributed by atoms with Gasteiger partial charge in [0.1, 0.15) is 17.5 Å². The van der Waals surface area contributed by atoms with Gasteiger partial charge in [0, 0.05) is 18.5 Å². The lowest BCUT2D eigenvalue weighted by atomic mass is 10.0. The van der Waals surface area contributed by atoms with Crippen molar-refractivity contribution in [3.8, 4) is 0 Å². The highest BCUT2D eigenvalue weighted by Crippen LogP contribution is 2.41. The quantitative estimate of drug-likeness (QED) is 0.894. The largest absolute Gasteiger partial charge is 0.444 e. The Morgan fingerprint density at radius 1 is 1.19 bits per heavy atom. The summed E-state index contributed by atoms with van der Waals surface area (Å²) in [6, 6.07) is 5.98. The Kier molecular flexibility index (Phi) is 5.21. The van der Waals surface area contributed by atoms with Gasteiger partial charge >= 0.3 is 6.09 Å². The van der Waals surface area contributed by atoms with E-state index < -0.39 is 17.7 Å². The molecule has 1 aromatic rings. The fourth-order valence-corrected chi connectivity index (χ4v) is 3.46. The normalized spacial score (nSPS) is 25.5. The summed E-state index contributed by atoms with van der Waals surface area (Å²) in [4.78, 5) is 26.7. The van der Waals surface area contributed by atoms with Gasteiger partial charge in [-0.15, -0.1) is 0 Å². The molecule has 3 rings (SSSR count). The maximum absolute atomic E-state index is 13.0. The van der Waals surface area contributed by atoms with Gasteiger partial charge in [0.2, 0.25) is 5.91 Å². The molecular formula is C20H27FN2O3. The number of likely N-dealkylation sites (tertiary alicyclic amines) is 1. The predicted molar refractivity (Wildman–Crippen MR) is 96.3 cm³/mol. The van der Waals surface area contributed by atoms with Crippen LogP contribution in [-0.2, 0) is 9.53 Å². The van der Waals surface area contributed by atoms with Gasteiger partial charge in [-0.1, -0.05) is 12.1 Å². The number of ether oxygens (including phenoxy) is 1. The molecule has 3 atom stereocenters. The second-order valence-corrected chi connectivity index (χ2v) is 8.19. The molecule has 1 N–H and O–H groups in total. The van der Waals surface area contributed by atoms with Crippen molar-refractivity contribution >= 4 is 12.0 Å². The summed E-state index contributed by atoms with van der Waals surface area (Å²) in [5.41, 5.74) is 0.448. The molecule has 0 aromatic heterocycles. The molecule has 5 nitrogen and oxygen atoms in total. The number of piperidine rings is 1. The first kappa shape index (κ1) is 18.7. The number of nitrogens with zero attached hydrogens (tertiary/aromatic N) is 1. The zero-order chi connectivity index (χ0) is 18.9. The summed E-state index contributed by atoms with van der Waals surface area (Å²) in [5, 5.41) is 3.05. The summed E-state index contributed by atoms with van der Waals surface area (Å²) in [5.74, 6) is -0.159. The lowest BCUT2D eigenvalue weighted by Gasteiger charge is -2.35. The average Bonchev–Trinajstić information content (AvgIpc) is 3.33. The van der Waals surface area contributed by atoms with E-state index in [1.165, 1.54) is 12.1 Å². The third kappa shape index (κ3) is 4.54. The molecule has 1 aliphatic carbocycles. The van der Waals surface area contributed by atoms with Gasteiger partial charge in [-0.2, -0.15) is 0 Å². The molecule has 0 spiro atoms. The average molecular weight is 362 g/mol. The Morgan fingerprint density at radius 3 is 2.54 bits per heavy atom. The molecule has 1 aliphatic heterocycles. The van der Waals surface area contributed by atoms with E-state index in [0.29, 0.717) is 13.0 Å². The van der Waals surface area contributed by atoms with Crippen molar-refractivity contribution in [3.05, 3.63) is 35.6 Å². The number of carbonyl (C=O) groups excluding carboxylic acids is 2. The van der Waals surface area contributed by atoms with E-state index in [9.17, 15) is 14.0 Å². The minimum Gasteiger partial charge on any atom is -0.444 e. The number of rotatable bonds is 3. The summed E-state index contributed by atoms with van der Waals surface area (Å²) >= 11 is 0. The second kappa shape index (κ2) is 7.25. The molecule has 142 valence electrons. The van der Waals surface area contributed by atoms with Gasteiger partial charge in [0.15, 0.2) is 0 Å². The van der Waals surface area contributed by atoms with Crippen LogP contribution in [0.2, 0.25) is 0 Å². The first-order valence-corrected chi connectivity index (χ1v) is 9.30. The van der Waals surface area contributed by atoms with Crippen molar-refractivity contribution in [1.82, 2.24) is 10.2 Å². The number of nitrogens with one attached hydrogen (secondary N) is 1. The van der Waals surface area contributed by atoms with Crippen molar-refractivity contribution in [2.45, 2.75) is 70.1 Å². The standard InChI is InChI=1S/C20H27FN2O3/c1-20(2,3)26-19(25)23-11-5-4-6-17(23)18(24)22-16-12-15(16)13-7-9-14(21)10-8-13/h7-10,15-17H,4-6,11-12H2,1-3H3,(H,22,24)/t15-,16+,17-/m1/s1. The first-order chi connectivity index (χ1) is 12.2. The topological polar surface area (TPSA) is 58.6 Å². The smallest absolute Gasteiger partial charge is 0.410 e. The van der Waals surface area contributed by atoms with Gasteiger partial charge in [0.05, 0.1) is 0 Å². The maximum atomic E-state index is 13.0. The number of benzene rings is 1. The van der Waals surface area contributed by atoms with E-state index in [-0.39, 0.29) is 23.7 Å². The van der Waals surface area contributed by atoms with Crippen molar-refractivity contribution in [1.29, 1.82) is 0 Å². The van der Waals surface area contributed by atoms with Crippen LogP contribution >= 0.6 is 0 Å².